The van der Waals surface area contributed by atoms with Crippen molar-refractivity contribution in [1.29, 1.82) is 0 Å². The molecule has 1 aliphatic carbocycles. The summed E-state index contributed by atoms with van der Waals surface area (Å²) < 4.78 is 0. The van der Waals surface area contributed by atoms with Gasteiger partial charge in [0.2, 0.25) is 0 Å². The Labute approximate surface area is 110 Å². The molecule has 0 spiro atoms. The van der Waals surface area contributed by atoms with Crippen molar-refractivity contribution in [2.75, 3.05) is 0 Å². The molecule has 0 unspecified atom stereocenters. The zero-order valence-electron chi connectivity index (χ0n) is 11.2. The van der Waals surface area contributed by atoms with E-state index in [1.807, 2.05) is 12.1 Å². The van der Waals surface area contributed by atoms with Crippen molar-refractivity contribution < 1.29 is 10.0 Å². The van der Waals surface area contributed by atoms with Crippen LogP contribution in [-0.4, -0.2) is 17.2 Å². The number of rotatable bonds is 4. The van der Waals surface area contributed by atoms with Gasteiger partial charge in [0, 0.05) is 0 Å². The molecule has 18 heavy (non-hydrogen) atoms. The van der Waals surface area contributed by atoms with Crippen LogP contribution in [0.2, 0.25) is 0 Å². The van der Waals surface area contributed by atoms with E-state index in [4.69, 9.17) is 0 Å². The maximum absolute atomic E-state index is 9.58. The second kappa shape index (κ2) is 6.39. The Bertz CT molecular complexity index is 384. The van der Waals surface area contributed by atoms with Crippen LogP contribution in [0, 0.1) is 0 Å². The molecule has 0 aliphatic heterocycles. The molecule has 0 heterocycles. The Morgan fingerprint density at radius 3 is 2.50 bits per heavy atom. The molecule has 0 saturated heterocycles. The minimum atomic E-state index is -1.33. The molecular formula is C15H23BO2. The van der Waals surface area contributed by atoms with Crippen LogP contribution in [-0.2, 0) is 6.42 Å². The van der Waals surface area contributed by atoms with Gasteiger partial charge in [0.05, 0.1) is 0 Å². The third-order valence-electron chi connectivity index (χ3n) is 4.04. The molecule has 1 fully saturated rings. The Balaban J connectivity index is 2.38. The summed E-state index contributed by atoms with van der Waals surface area (Å²) in [6, 6.07) is 5.97. The molecule has 0 atom stereocenters. The highest BCUT2D eigenvalue weighted by molar-refractivity contribution is 6.59. The molecule has 2 N–H and O–H groups in total. The minimum Gasteiger partial charge on any atom is -0.423 e. The molecule has 3 heteroatoms. The van der Waals surface area contributed by atoms with Gasteiger partial charge in [-0.1, -0.05) is 50.8 Å². The van der Waals surface area contributed by atoms with Crippen molar-refractivity contribution in [2.24, 2.45) is 0 Å². The van der Waals surface area contributed by atoms with E-state index >= 15 is 0 Å². The van der Waals surface area contributed by atoms with E-state index in [1.54, 1.807) is 0 Å². The average molecular weight is 246 g/mol. The van der Waals surface area contributed by atoms with Gasteiger partial charge in [-0.3, -0.25) is 0 Å². The quantitative estimate of drug-likeness (QED) is 0.800. The van der Waals surface area contributed by atoms with Crippen LogP contribution in [0.3, 0.4) is 0 Å². The van der Waals surface area contributed by atoms with Gasteiger partial charge in [-0.05, 0) is 41.8 Å². The fraction of sp³-hybridized carbons (Fsp3) is 0.600. The number of benzene rings is 1. The highest BCUT2D eigenvalue weighted by Gasteiger charge is 2.25. The topological polar surface area (TPSA) is 40.5 Å². The van der Waals surface area contributed by atoms with Crippen LogP contribution >= 0.6 is 0 Å². The van der Waals surface area contributed by atoms with Crippen molar-refractivity contribution in [3.05, 3.63) is 29.3 Å². The van der Waals surface area contributed by atoms with Crippen molar-refractivity contribution >= 4 is 12.6 Å². The third-order valence-corrected chi connectivity index (χ3v) is 4.04. The van der Waals surface area contributed by atoms with E-state index in [0.717, 1.165) is 18.3 Å². The predicted molar refractivity (Wildman–Crippen MR) is 76.1 cm³/mol. The van der Waals surface area contributed by atoms with E-state index in [-0.39, 0.29) is 0 Å². The minimum absolute atomic E-state index is 0.526. The fourth-order valence-corrected chi connectivity index (χ4v) is 3.23. The number of hydrogen-bond acceptors (Lipinski definition) is 2. The molecule has 98 valence electrons. The Morgan fingerprint density at radius 2 is 1.89 bits per heavy atom. The molecule has 0 amide bonds. The number of aryl methyl sites for hydroxylation is 1. The normalized spacial score (nSPS) is 16.8. The monoisotopic (exact) mass is 246 g/mol. The second-order valence-electron chi connectivity index (χ2n) is 5.38. The lowest BCUT2D eigenvalue weighted by atomic mass is 9.69. The summed E-state index contributed by atoms with van der Waals surface area (Å²) in [5.74, 6) is 0.526. The molecular weight excluding hydrogens is 223 g/mol. The van der Waals surface area contributed by atoms with Crippen LogP contribution in [0.1, 0.15) is 62.5 Å². The summed E-state index contributed by atoms with van der Waals surface area (Å²) in [6.45, 7) is 2.17. The summed E-state index contributed by atoms with van der Waals surface area (Å²) >= 11 is 0. The molecule has 1 aromatic rings. The second-order valence-corrected chi connectivity index (χ2v) is 5.38. The molecule has 2 nitrogen and oxygen atoms in total. The van der Waals surface area contributed by atoms with Crippen molar-refractivity contribution in [3.63, 3.8) is 0 Å². The van der Waals surface area contributed by atoms with Crippen LogP contribution in [0.5, 0.6) is 0 Å². The summed E-state index contributed by atoms with van der Waals surface area (Å²) in [6.07, 6.45) is 8.39. The van der Waals surface area contributed by atoms with Crippen molar-refractivity contribution in [1.82, 2.24) is 0 Å². The Morgan fingerprint density at radius 1 is 1.17 bits per heavy atom. The fourth-order valence-electron chi connectivity index (χ4n) is 3.23. The molecule has 0 radical (unpaired) electrons. The smallest absolute Gasteiger partial charge is 0.423 e. The molecule has 1 aliphatic rings. The summed E-state index contributed by atoms with van der Waals surface area (Å²) in [5.41, 5.74) is 3.27. The van der Waals surface area contributed by atoms with Crippen LogP contribution in [0.4, 0.5) is 0 Å². The van der Waals surface area contributed by atoms with Gasteiger partial charge in [-0.2, -0.15) is 0 Å². The lowest BCUT2D eigenvalue weighted by Crippen LogP contribution is -2.35. The molecule has 1 aromatic carbocycles. The molecule has 2 rings (SSSR count). The van der Waals surface area contributed by atoms with Gasteiger partial charge in [0.15, 0.2) is 0 Å². The van der Waals surface area contributed by atoms with E-state index < -0.39 is 7.12 Å². The summed E-state index contributed by atoms with van der Waals surface area (Å²) in [5, 5.41) is 19.2. The first-order valence-electron chi connectivity index (χ1n) is 7.21. The lowest BCUT2D eigenvalue weighted by Gasteiger charge is -2.27. The van der Waals surface area contributed by atoms with Gasteiger partial charge >= 0.3 is 7.12 Å². The lowest BCUT2D eigenvalue weighted by molar-refractivity contribution is 0.419. The van der Waals surface area contributed by atoms with Crippen LogP contribution in [0.25, 0.3) is 0 Å². The van der Waals surface area contributed by atoms with Gasteiger partial charge < -0.3 is 10.0 Å². The van der Waals surface area contributed by atoms with E-state index in [0.29, 0.717) is 5.92 Å². The highest BCUT2D eigenvalue weighted by Crippen LogP contribution is 2.34. The van der Waals surface area contributed by atoms with Gasteiger partial charge in [0.1, 0.15) is 0 Å². The average Bonchev–Trinajstić information content (AvgIpc) is 2.40. The van der Waals surface area contributed by atoms with Gasteiger partial charge in [-0.15, -0.1) is 0 Å². The summed E-state index contributed by atoms with van der Waals surface area (Å²) in [7, 11) is -1.33. The maximum atomic E-state index is 9.58. The van der Waals surface area contributed by atoms with E-state index in [1.165, 1.54) is 43.2 Å². The zero-order chi connectivity index (χ0) is 13.0. The number of hydrogen-bond donors (Lipinski definition) is 2. The molecule has 0 bridgehead atoms. The first-order valence-corrected chi connectivity index (χ1v) is 7.21. The molecule has 1 saturated carbocycles. The van der Waals surface area contributed by atoms with E-state index in [9.17, 15) is 10.0 Å². The predicted octanol–water partition coefficient (Wildman–Crippen LogP) is 2.37. The Kier molecular flexibility index (Phi) is 4.84. The first kappa shape index (κ1) is 13.6. The van der Waals surface area contributed by atoms with Crippen molar-refractivity contribution in [3.8, 4) is 0 Å². The maximum Gasteiger partial charge on any atom is 0.488 e. The summed E-state index contributed by atoms with van der Waals surface area (Å²) in [4.78, 5) is 0. The van der Waals surface area contributed by atoms with Crippen LogP contribution in [0.15, 0.2) is 18.2 Å². The largest absolute Gasteiger partial charge is 0.488 e. The molecule has 0 aromatic heterocycles. The first-order chi connectivity index (χ1) is 8.74. The van der Waals surface area contributed by atoms with E-state index in [2.05, 4.69) is 13.0 Å². The highest BCUT2D eigenvalue weighted by atomic mass is 16.4. The van der Waals surface area contributed by atoms with Gasteiger partial charge in [0.25, 0.3) is 0 Å². The Hall–Kier alpha value is -0.795. The standard InChI is InChI=1S/C15H23BO2/c1-2-7-12-10-6-11-14(16(17)18)15(12)13-8-4-3-5-9-13/h6,10-11,13,17-18H,2-5,7-9H2,1H3. The zero-order valence-corrected chi connectivity index (χ0v) is 11.2. The van der Waals surface area contributed by atoms with Crippen LogP contribution < -0.4 is 5.46 Å². The van der Waals surface area contributed by atoms with Crippen molar-refractivity contribution in [2.45, 2.75) is 57.8 Å². The third kappa shape index (κ3) is 2.96. The SMILES string of the molecule is CCCc1cccc(B(O)O)c1C1CCCCC1. The van der Waals surface area contributed by atoms with Gasteiger partial charge in [-0.25, -0.2) is 0 Å².